The average molecular weight is 448 g/mol. The van der Waals surface area contributed by atoms with Crippen molar-refractivity contribution in [1.29, 1.82) is 0 Å². The third-order valence-electron chi connectivity index (χ3n) is 6.26. The van der Waals surface area contributed by atoms with Crippen LogP contribution in [-0.4, -0.2) is 19.3 Å². The van der Waals surface area contributed by atoms with Crippen molar-refractivity contribution in [3.05, 3.63) is 77.4 Å². The minimum Gasteiger partial charge on any atom is -0.382 e. The Labute approximate surface area is 203 Å². The Kier molecular flexibility index (Phi) is 12.0. The minimum atomic E-state index is 0.564. The Morgan fingerprint density at radius 1 is 0.970 bits per heavy atom. The first-order valence-electron chi connectivity index (χ1n) is 12.8. The Morgan fingerprint density at radius 3 is 2.18 bits per heavy atom. The molecule has 0 atom stereocenters. The van der Waals surface area contributed by atoms with E-state index in [0.29, 0.717) is 6.04 Å². The fraction of sp³-hybridized carbons (Fsp3) is 0.484. The summed E-state index contributed by atoms with van der Waals surface area (Å²) in [5.41, 5.74) is 7.32. The van der Waals surface area contributed by atoms with Crippen molar-refractivity contribution < 1.29 is 4.74 Å². The lowest BCUT2D eigenvalue weighted by atomic mass is 9.87. The fourth-order valence-corrected chi connectivity index (χ4v) is 4.15. The Morgan fingerprint density at radius 2 is 1.58 bits per heavy atom. The zero-order valence-corrected chi connectivity index (χ0v) is 21.6. The van der Waals surface area contributed by atoms with Gasteiger partial charge in [-0.25, -0.2) is 0 Å². The highest BCUT2D eigenvalue weighted by atomic mass is 16.5. The number of rotatable bonds is 9. The Balaban J connectivity index is 0.000000479. The second-order valence-electron chi connectivity index (χ2n) is 9.47. The van der Waals surface area contributed by atoms with Gasteiger partial charge in [0.15, 0.2) is 0 Å². The van der Waals surface area contributed by atoms with Crippen LogP contribution >= 0.6 is 0 Å². The normalized spacial score (nSPS) is 18.3. The highest BCUT2D eigenvalue weighted by molar-refractivity contribution is 5.84. The third kappa shape index (κ3) is 9.60. The molecule has 1 fully saturated rings. The SMILES string of the molecule is C=C(NC1CCC(C)CC1)c1ccccc1/C=C(\C)c1ccc(C)cc1.CCCOCCC. The molecule has 1 saturated carbocycles. The van der Waals surface area contributed by atoms with Gasteiger partial charge in [0.2, 0.25) is 0 Å². The fourth-order valence-electron chi connectivity index (χ4n) is 4.15. The molecule has 2 heteroatoms. The topological polar surface area (TPSA) is 21.3 Å². The molecule has 1 aliphatic rings. The summed E-state index contributed by atoms with van der Waals surface area (Å²) in [4.78, 5) is 0. The lowest BCUT2D eigenvalue weighted by Gasteiger charge is -2.29. The molecule has 180 valence electrons. The van der Waals surface area contributed by atoms with Gasteiger partial charge in [-0.2, -0.15) is 0 Å². The first kappa shape index (κ1) is 26.9. The smallest absolute Gasteiger partial charge is 0.0463 e. The lowest BCUT2D eigenvalue weighted by Crippen LogP contribution is -2.31. The quantitative estimate of drug-likeness (QED) is 0.307. The molecule has 1 N–H and O–H groups in total. The summed E-state index contributed by atoms with van der Waals surface area (Å²) in [5.74, 6) is 0.869. The van der Waals surface area contributed by atoms with Crippen molar-refractivity contribution >= 4 is 17.3 Å². The molecule has 0 unspecified atom stereocenters. The van der Waals surface area contributed by atoms with E-state index in [0.717, 1.165) is 37.7 Å². The monoisotopic (exact) mass is 447 g/mol. The van der Waals surface area contributed by atoms with Gasteiger partial charge in [0.1, 0.15) is 0 Å². The van der Waals surface area contributed by atoms with Gasteiger partial charge in [-0.15, -0.1) is 0 Å². The van der Waals surface area contributed by atoms with Crippen LogP contribution in [0, 0.1) is 12.8 Å². The molecule has 2 aromatic rings. The molecule has 33 heavy (non-hydrogen) atoms. The van der Waals surface area contributed by atoms with Gasteiger partial charge in [-0.05, 0) is 75.0 Å². The predicted molar refractivity (Wildman–Crippen MR) is 146 cm³/mol. The van der Waals surface area contributed by atoms with E-state index in [1.165, 1.54) is 53.5 Å². The van der Waals surface area contributed by atoms with Gasteiger partial charge in [-0.1, -0.05) is 87.5 Å². The summed E-state index contributed by atoms with van der Waals surface area (Å²) in [6.07, 6.45) is 9.69. The number of hydrogen-bond acceptors (Lipinski definition) is 2. The maximum Gasteiger partial charge on any atom is 0.0463 e. The first-order chi connectivity index (χ1) is 15.9. The molecule has 0 aliphatic heterocycles. The molecular weight excluding hydrogens is 402 g/mol. The van der Waals surface area contributed by atoms with E-state index in [-0.39, 0.29) is 0 Å². The minimum absolute atomic E-state index is 0.564. The summed E-state index contributed by atoms with van der Waals surface area (Å²) in [6, 6.07) is 17.9. The highest BCUT2D eigenvalue weighted by Crippen LogP contribution is 2.27. The Bertz CT molecular complexity index is 853. The van der Waals surface area contributed by atoms with Crippen LogP contribution in [0.4, 0.5) is 0 Å². The third-order valence-corrected chi connectivity index (χ3v) is 6.26. The van der Waals surface area contributed by atoms with Crippen LogP contribution in [0.15, 0.2) is 55.1 Å². The number of nitrogens with one attached hydrogen (secondary N) is 1. The molecule has 2 nitrogen and oxygen atoms in total. The molecule has 2 aromatic carbocycles. The number of ether oxygens (including phenoxy) is 1. The van der Waals surface area contributed by atoms with Crippen LogP contribution in [0.25, 0.3) is 17.3 Å². The molecule has 0 spiro atoms. The second kappa shape index (κ2) is 14.8. The van der Waals surface area contributed by atoms with Gasteiger partial charge in [0.25, 0.3) is 0 Å². The van der Waals surface area contributed by atoms with E-state index in [1.54, 1.807) is 0 Å². The number of benzene rings is 2. The van der Waals surface area contributed by atoms with E-state index >= 15 is 0 Å². The van der Waals surface area contributed by atoms with Gasteiger partial charge < -0.3 is 10.1 Å². The average Bonchev–Trinajstić information content (AvgIpc) is 2.82. The first-order valence-corrected chi connectivity index (χ1v) is 12.8. The van der Waals surface area contributed by atoms with E-state index in [9.17, 15) is 0 Å². The van der Waals surface area contributed by atoms with E-state index in [2.05, 4.69) is 101 Å². The standard InChI is InChI=1S/C25H31N.C6H14O/c1-18-9-13-22(14-10-18)20(3)17-23-7-5-6-8-25(23)21(4)26-24-15-11-19(2)12-16-24;1-3-5-7-6-4-2/h5-10,13-14,17,19,24,26H,4,11-12,15-16H2,1-3H3;3-6H2,1-2H3/b20-17+;. The molecule has 0 radical (unpaired) electrons. The van der Waals surface area contributed by atoms with Crippen molar-refractivity contribution in [3.8, 4) is 0 Å². The second-order valence-corrected chi connectivity index (χ2v) is 9.47. The predicted octanol–water partition coefficient (Wildman–Crippen LogP) is 8.52. The largest absolute Gasteiger partial charge is 0.382 e. The zero-order chi connectivity index (χ0) is 24.1. The van der Waals surface area contributed by atoms with Gasteiger partial charge in [-0.3, -0.25) is 0 Å². The molecule has 3 rings (SSSR count). The molecule has 1 aliphatic carbocycles. The zero-order valence-electron chi connectivity index (χ0n) is 21.6. The van der Waals surface area contributed by atoms with Gasteiger partial charge >= 0.3 is 0 Å². The number of hydrogen-bond donors (Lipinski definition) is 1. The van der Waals surface area contributed by atoms with Crippen molar-refractivity contribution in [1.82, 2.24) is 5.32 Å². The van der Waals surface area contributed by atoms with E-state index in [1.807, 2.05) is 0 Å². The molecule has 0 aromatic heterocycles. The highest BCUT2D eigenvalue weighted by Gasteiger charge is 2.19. The molecule has 0 saturated heterocycles. The number of aryl methyl sites for hydroxylation is 1. The summed E-state index contributed by atoms with van der Waals surface area (Å²) < 4.78 is 5.13. The molecule has 0 amide bonds. The van der Waals surface area contributed by atoms with Crippen LogP contribution in [0.3, 0.4) is 0 Å². The van der Waals surface area contributed by atoms with Crippen LogP contribution < -0.4 is 5.32 Å². The van der Waals surface area contributed by atoms with E-state index < -0.39 is 0 Å². The molecule has 0 bridgehead atoms. The van der Waals surface area contributed by atoms with Crippen molar-refractivity contribution in [2.24, 2.45) is 5.92 Å². The van der Waals surface area contributed by atoms with Crippen LogP contribution in [0.2, 0.25) is 0 Å². The maximum atomic E-state index is 5.13. The van der Waals surface area contributed by atoms with Crippen molar-refractivity contribution in [2.75, 3.05) is 13.2 Å². The van der Waals surface area contributed by atoms with Crippen molar-refractivity contribution in [2.45, 2.75) is 79.2 Å². The van der Waals surface area contributed by atoms with Crippen LogP contribution in [0.5, 0.6) is 0 Å². The summed E-state index contributed by atoms with van der Waals surface area (Å²) in [5, 5.41) is 3.69. The number of allylic oxidation sites excluding steroid dienone is 1. The van der Waals surface area contributed by atoms with Crippen LogP contribution in [0.1, 0.15) is 88.5 Å². The van der Waals surface area contributed by atoms with Crippen LogP contribution in [-0.2, 0) is 4.74 Å². The van der Waals surface area contributed by atoms with Gasteiger partial charge in [0.05, 0.1) is 0 Å². The summed E-state index contributed by atoms with van der Waals surface area (Å²) in [6.45, 7) is 17.1. The summed E-state index contributed by atoms with van der Waals surface area (Å²) >= 11 is 0. The molecular formula is C31H45NO. The molecule has 0 heterocycles. The lowest BCUT2D eigenvalue weighted by molar-refractivity contribution is 0.135. The van der Waals surface area contributed by atoms with Gasteiger partial charge in [0, 0.05) is 30.5 Å². The van der Waals surface area contributed by atoms with Crippen molar-refractivity contribution in [3.63, 3.8) is 0 Å². The van der Waals surface area contributed by atoms with E-state index in [4.69, 9.17) is 4.74 Å². The Hall–Kier alpha value is -2.32. The maximum absolute atomic E-state index is 5.13. The summed E-state index contributed by atoms with van der Waals surface area (Å²) in [7, 11) is 0.